The van der Waals surface area contributed by atoms with Crippen molar-refractivity contribution in [3.05, 3.63) is 42.0 Å². The molecule has 2 aromatic rings. The summed E-state index contributed by atoms with van der Waals surface area (Å²) in [5.74, 6) is 1.22. The van der Waals surface area contributed by atoms with Gasteiger partial charge in [0.1, 0.15) is 18.8 Å². The van der Waals surface area contributed by atoms with Crippen LogP contribution in [0.5, 0.6) is 11.5 Å². The molecule has 0 bridgehead atoms. The molecule has 3 rings (SSSR count). The number of rotatable bonds is 10. The van der Waals surface area contributed by atoms with Gasteiger partial charge in [0.2, 0.25) is 11.6 Å². The fourth-order valence-electron chi connectivity index (χ4n) is 3.39. The predicted molar refractivity (Wildman–Crippen MR) is 121 cm³/mol. The van der Waals surface area contributed by atoms with Crippen LogP contribution in [0.15, 0.2) is 42.0 Å². The van der Waals surface area contributed by atoms with E-state index in [1.165, 1.54) is 25.6 Å². The number of hydrogen-bond acceptors (Lipinski definition) is 9. The Morgan fingerprint density at radius 3 is 2.50 bits per heavy atom. The molecule has 0 amide bonds. The van der Waals surface area contributed by atoms with Gasteiger partial charge in [0.25, 0.3) is 0 Å². The maximum Gasteiger partial charge on any atom is 0.204 e. The number of nitrogens with zero attached hydrogens (tertiary/aromatic N) is 3. The normalized spacial score (nSPS) is 13.8. The molecule has 0 aliphatic heterocycles. The van der Waals surface area contributed by atoms with Crippen molar-refractivity contribution in [2.45, 2.75) is 13.8 Å². The van der Waals surface area contributed by atoms with Crippen molar-refractivity contribution in [1.29, 1.82) is 0 Å². The summed E-state index contributed by atoms with van der Waals surface area (Å²) in [6, 6.07) is 3.46. The lowest BCUT2D eigenvalue weighted by Gasteiger charge is -2.25. The van der Waals surface area contributed by atoms with E-state index in [1.54, 1.807) is 31.2 Å². The zero-order valence-electron chi connectivity index (χ0n) is 19.0. The number of methoxy groups -OCH3 is 2. The van der Waals surface area contributed by atoms with E-state index in [4.69, 9.17) is 14.2 Å². The third-order valence-electron chi connectivity index (χ3n) is 4.83. The number of aromatic nitrogens is 2. The van der Waals surface area contributed by atoms with Gasteiger partial charge < -0.3 is 24.4 Å². The van der Waals surface area contributed by atoms with Gasteiger partial charge in [-0.25, -0.2) is 9.97 Å². The van der Waals surface area contributed by atoms with E-state index in [9.17, 15) is 9.59 Å². The summed E-state index contributed by atoms with van der Waals surface area (Å²) in [4.78, 5) is 35.7. The smallest absolute Gasteiger partial charge is 0.204 e. The largest absolute Gasteiger partial charge is 0.493 e. The van der Waals surface area contributed by atoms with Crippen LogP contribution < -0.4 is 14.8 Å². The van der Waals surface area contributed by atoms with Crippen molar-refractivity contribution in [2.24, 2.45) is 5.92 Å². The number of fused-ring (bicyclic) bond motifs is 1. The van der Waals surface area contributed by atoms with Gasteiger partial charge in [-0.1, -0.05) is 13.8 Å². The number of ether oxygens (including phenoxy) is 3. The van der Waals surface area contributed by atoms with E-state index in [2.05, 4.69) is 29.1 Å². The van der Waals surface area contributed by atoms with Gasteiger partial charge in [-0.2, -0.15) is 0 Å². The van der Waals surface area contributed by atoms with Crippen LogP contribution in [-0.2, 0) is 14.3 Å². The lowest BCUT2D eigenvalue weighted by Crippen LogP contribution is -2.30. The zero-order chi connectivity index (χ0) is 23.3. The average Bonchev–Trinajstić information content (AvgIpc) is 2.75. The summed E-state index contributed by atoms with van der Waals surface area (Å²) in [7, 11) is 4.94. The minimum atomic E-state index is -0.298. The number of nitrogens with one attached hydrogen (secondary N) is 1. The maximum absolute atomic E-state index is 12.7. The second kappa shape index (κ2) is 10.2. The first-order valence-corrected chi connectivity index (χ1v) is 10.3. The Bertz CT molecular complexity index is 1080. The van der Waals surface area contributed by atoms with Gasteiger partial charge in [0, 0.05) is 44.3 Å². The molecule has 0 fully saturated rings. The highest BCUT2D eigenvalue weighted by atomic mass is 16.5. The number of hydrogen-bond donors (Lipinski definition) is 1. The number of carbonyl (C=O) groups is 2. The standard InChI is InChI=1S/C23H28N4O5/c1-14(2)12-27(3)18-11-19(28)17(9-20(18)29)26-23-15-8-21(31-5)22(32-7-6-30-4)10-16(15)24-13-25-23/h8-11,13-14H,6-7,12H2,1-5H3,(H,24,25,26). The van der Waals surface area contributed by atoms with Crippen LogP contribution in [0.1, 0.15) is 13.8 Å². The van der Waals surface area contributed by atoms with Gasteiger partial charge in [0.15, 0.2) is 11.5 Å². The molecule has 1 heterocycles. The van der Waals surface area contributed by atoms with Crippen molar-refractivity contribution >= 4 is 28.3 Å². The number of ketones is 2. The maximum atomic E-state index is 12.7. The Morgan fingerprint density at radius 2 is 1.81 bits per heavy atom. The number of benzene rings is 1. The molecule has 1 aliphatic rings. The van der Waals surface area contributed by atoms with Gasteiger partial charge in [-0.3, -0.25) is 9.59 Å². The van der Waals surface area contributed by atoms with Crippen molar-refractivity contribution in [3.8, 4) is 11.5 Å². The first-order valence-electron chi connectivity index (χ1n) is 10.3. The quantitative estimate of drug-likeness (QED) is 0.441. The first kappa shape index (κ1) is 23.2. The van der Waals surface area contributed by atoms with Crippen LogP contribution in [0.2, 0.25) is 0 Å². The predicted octanol–water partition coefficient (Wildman–Crippen LogP) is 2.58. The second-order valence-corrected chi connectivity index (χ2v) is 7.80. The minimum absolute atomic E-state index is 0.149. The van der Waals surface area contributed by atoms with E-state index in [1.807, 2.05) is 0 Å². The van der Waals surface area contributed by atoms with Gasteiger partial charge in [-0.05, 0) is 12.0 Å². The third kappa shape index (κ3) is 5.23. The monoisotopic (exact) mass is 440 g/mol. The molecule has 0 saturated carbocycles. The molecule has 1 aromatic carbocycles. The average molecular weight is 441 g/mol. The molecule has 1 aromatic heterocycles. The third-order valence-corrected chi connectivity index (χ3v) is 4.83. The van der Waals surface area contributed by atoms with E-state index in [0.29, 0.717) is 59.6 Å². The molecule has 0 atom stereocenters. The molecule has 9 nitrogen and oxygen atoms in total. The number of likely N-dealkylation sites (N-methyl/N-ethyl adjacent to an activating group) is 1. The fraction of sp³-hybridized carbons (Fsp3) is 0.391. The highest BCUT2D eigenvalue weighted by Crippen LogP contribution is 2.34. The molecule has 1 aliphatic carbocycles. The van der Waals surface area contributed by atoms with Gasteiger partial charge >= 0.3 is 0 Å². The summed E-state index contributed by atoms with van der Waals surface area (Å²) < 4.78 is 16.2. The molecule has 0 saturated heterocycles. The zero-order valence-corrected chi connectivity index (χ0v) is 19.0. The summed E-state index contributed by atoms with van der Waals surface area (Å²) in [6.45, 7) is 5.57. The minimum Gasteiger partial charge on any atom is -0.493 e. The lowest BCUT2D eigenvalue weighted by molar-refractivity contribution is -0.116. The van der Waals surface area contributed by atoms with E-state index >= 15 is 0 Å². The molecule has 0 radical (unpaired) electrons. The van der Waals surface area contributed by atoms with Crippen LogP contribution in [0.4, 0.5) is 5.82 Å². The molecule has 9 heteroatoms. The Labute approximate surface area is 187 Å². The molecule has 0 unspecified atom stereocenters. The van der Waals surface area contributed by atoms with Gasteiger partial charge in [-0.15, -0.1) is 0 Å². The second-order valence-electron chi connectivity index (χ2n) is 7.80. The Balaban J connectivity index is 1.87. The van der Waals surface area contributed by atoms with Crippen molar-refractivity contribution in [3.63, 3.8) is 0 Å². The van der Waals surface area contributed by atoms with Crippen molar-refractivity contribution < 1.29 is 23.8 Å². The molecular weight excluding hydrogens is 412 g/mol. The SMILES string of the molecule is COCCOc1cc2ncnc(NC3=CC(=O)C(N(C)CC(C)C)=CC3=O)c2cc1OC. The first-order chi connectivity index (χ1) is 15.3. The van der Waals surface area contributed by atoms with Crippen molar-refractivity contribution in [2.75, 3.05) is 46.3 Å². The van der Waals surface area contributed by atoms with E-state index < -0.39 is 0 Å². The highest BCUT2D eigenvalue weighted by molar-refractivity contribution is 6.21. The molecular formula is C23H28N4O5. The van der Waals surface area contributed by atoms with Crippen molar-refractivity contribution in [1.82, 2.24) is 14.9 Å². The Hall–Kier alpha value is -3.46. The number of allylic oxidation sites excluding steroid dienone is 2. The van der Waals surface area contributed by atoms with Crippen LogP contribution in [0, 0.1) is 5.92 Å². The molecule has 32 heavy (non-hydrogen) atoms. The molecule has 1 N–H and O–H groups in total. The van der Waals surface area contributed by atoms with E-state index in [-0.39, 0.29) is 17.3 Å². The van der Waals surface area contributed by atoms with Crippen LogP contribution in [0.25, 0.3) is 10.9 Å². The molecule has 170 valence electrons. The molecule has 0 spiro atoms. The lowest BCUT2D eigenvalue weighted by atomic mass is 10.0. The summed E-state index contributed by atoms with van der Waals surface area (Å²) in [5, 5.41) is 3.61. The van der Waals surface area contributed by atoms with Crippen LogP contribution >= 0.6 is 0 Å². The number of carbonyl (C=O) groups excluding carboxylic acids is 2. The summed E-state index contributed by atoms with van der Waals surface area (Å²) in [6.07, 6.45) is 4.05. The highest BCUT2D eigenvalue weighted by Gasteiger charge is 2.24. The summed E-state index contributed by atoms with van der Waals surface area (Å²) >= 11 is 0. The van der Waals surface area contributed by atoms with Gasteiger partial charge in [0.05, 0.1) is 30.6 Å². The Kier molecular flexibility index (Phi) is 7.42. The summed E-state index contributed by atoms with van der Waals surface area (Å²) in [5.41, 5.74) is 1.12. The number of anilines is 1. The van der Waals surface area contributed by atoms with Crippen LogP contribution in [0.3, 0.4) is 0 Å². The van der Waals surface area contributed by atoms with E-state index in [0.717, 1.165) is 0 Å². The Morgan fingerprint density at radius 1 is 1.03 bits per heavy atom. The van der Waals surface area contributed by atoms with Crippen LogP contribution in [-0.4, -0.2) is 67.5 Å². The fourth-order valence-corrected chi connectivity index (χ4v) is 3.39. The topological polar surface area (TPSA) is 103 Å².